The van der Waals surface area contributed by atoms with Crippen LogP contribution in [-0.2, 0) is 16.0 Å². The number of amides is 1. The Labute approximate surface area is 141 Å². The van der Waals surface area contributed by atoms with E-state index in [0.29, 0.717) is 37.3 Å². The molecule has 1 aromatic carbocycles. The Bertz CT molecular complexity index is 626. The second kappa shape index (κ2) is 8.38. The third-order valence-electron chi connectivity index (χ3n) is 4.25. The van der Waals surface area contributed by atoms with Gasteiger partial charge in [-0.15, -0.1) is 0 Å². The molecule has 1 amide bonds. The molecule has 0 saturated carbocycles. The quantitative estimate of drug-likeness (QED) is 0.746. The number of benzene rings is 1. The summed E-state index contributed by atoms with van der Waals surface area (Å²) in [7, 11) is 3.15. The molecule has 6 heteroatoms. The smallest absolute Gasteiger partial charge is 0.307 e. The van der Waals surface area contributed by atoms with E-state index in [2.05, 4.69) is 5.32 Å². The van der Waals surface area contributed by atoms with Gasteiger partial charge in [0.1, 0.15) is 0 Å². The molecule has 0 aromatic heterocycles. The molecule has 0 fully saturated rings. The molecule has 2 N–H and O–H groups in total. The molecule has 0 heterocycles. The van der Waals surface area contributed by atoms with Crippen molar-refractivity contribution in [2.24, 2.45) is 11.8 Å². The third-order valence-corrected chi connectivity index (χ3v) is 4.25. The van der Waals surface area contributed by atoms with E-state index in [1.165, 1.54) is 0 Å². The van der Waals surface area contributed by atoms with Crippen molar-refractivity contribution < 1.29 is 24.2 Å². The Morgan fingerprint density at radius 3 is 2.42 bits per heavy atom. The average Bonchev–Trinajstić information content (AvgIpc) is 2.61. The van der Waals surface area contributed by atoms with Crippen LogP contribution in [0.15, 0.2) is 30.4 Å². The van der Waals surface area contributed by atoms with E-state index < -0.39 is 17.8 Å². The molecule has 0 bridgehead atoms. The number of carbonyl (C=O) groups is 2. The van der Waals surface area contributed by atoms with Crippen molar-refractivity contribution in [3.05, 3.63) is 35.9 Å². The second-order valence-corrected chi connectivity index (χ2v) is 5.72. The first-order valence-electron chi connectivity index (χ1n) is 7.93. The van der Waals surface area contributed by atoms with E-state index in [0.717, 1.165) is 5.56 Å². The number of carboxylic acid groups (broad SMARTS) is 1. The van der Waals surface area contributed by atoms with Crippen molar-refractivity contribution in [3.8, 4) is 11.5 Å². The molecule has 0 unspecified atom stereocenters. The zero-order valence-electron chi connectivity index (χ0n) is 14.0. The fraction of sp³-hybridized carbons (Fsp3) is 0.444. The molecule has 24 heavy (non-hydrogen) atoms. The van der Waals surface area contributed by atoms with Crippen molar-refractivity contribution in [1.29, 1.82) is 0 Å². The number of ether oxygens (including phenoxy) is 2. The maximum absolute atomic E-state index is 12.3. The lowest BCUT2D eigenvalue weighted by molar-refractivity contribution is -0.147. The topological polar surface area (TPSA) is 84.9 Å². The van der Waals surface area contributed by atoms with Gasteiger partial charge in [-0.1, -0.05) is 18.2 Å². The molecule has 1 aliphatic carbocycles. The van der Waals surface area contributed by atoms with Crippen LogP contribution < -0.4 is 14.8 Å². The first-order chi connectivity index (χ1) is 11.6. The van der Waals surface area contributed by atoms with Gasteiger partial charge in [-0.2, -0.15) is 0 Å². The number of rotatable bonds is 7. The number of carboxylic acids is 1. The van der Waals surface area contributed by atoms with Gasteiger partial charge in [-0.05, 0) is 37.0 Å². The van der Waals surface area contributed by atoms with E-state index in [-0.39, 0.29) is 5.91 Å². The number of nitrogens with one attached hydrogen (secondary N) is 1. The highest BCUT2D eigenvalue weighted by atomic mass is 16.5. The summed E-state index contributed by atoms with van der Waals surface area (Å²) >= 11 is 0. The zero-order valence-corrected chi connectivity index (χ0v) is 14.0. The molecule has 2 atom stereocenters. The van der Waals surface area contributed by atoms with Crippen LogP contribution in [-0.4, -0.2) is 37.7 Å². The largest absolute Gasteiger partial charge is 0.493 e. The summed E-state index contributed by atoms with van der Waals surface area (Å²) in [5.41, 5.74) is 1.01. The molecule has 0 saturated heterocycles. The van der Waals surface area contributed by atoms with E-state index >= 15 is 0 Å². The molecule has 0 radical (unpaired) electrons. The van der Waals surface area contributed by atoms with Gasteiger partial charge in [-0.3, -0.25) is 9.59 Å². The van der Waals surface area contributed by atoms with Crippen LogP contribution in [0.2, 0.25) is 0 Å². The Morgan fingerprint density at radius 1 is 1.12 bits per heavy atom. The Kier molecular flexibility index (Phi) is 6.23. The fourth-order valence-corrected chi connectivity index (χ4v) is 2.87. The molecule has 0 spiro atoms. The van der Waals surface area contributed by atoms with E-state index in [4.69, 9.17) is 9.47 Å². The highest BCUT2D eigenvalue weighted by molar-refractivity contribution is 5.85. The minimum atomic E-state index is -0.917. The maximum atomic E-state index is 12.3. The minimum absolute atomic E-state index is 0.202. The molecule has 6 nitrogen and oxygen atoms in total. The minimum Gasteiger partial charge on any atom is -0.493 e. The Balaban J connectivity index is 1.90. The van der Waals surface area contributed by atoms with Gasteiger partial charge in [-0.25, -0.2) is 0 Å². The lowest BCUT2D eigenvalue weighted by Crippen LogP contribution is -2.39. The normalized spacial score (nSPS) is 19.6. The second-order valence-electron chi connectivity index (χ2n) is 5.72. The van der Waals surface area contributed by atoms with E-state index in [1.54, 1.807) is 14.2 Å². The zero-order chi connectivity index (χ0) is 17.5. The van der Waals surface area contributed by atoms with Gasteiger partial charge in [0.05, 0.1) is 26.1 Å². The number of aliphatic carboxylic acids is 1. The number of hydrogen-bond acceptors (Lipinski definition) is 4. The first-order valence-corrected chi connectivity index (χ1v) is 7.93. The summed E-state index contributed by atoms with van der Waals surface area (Å²) in [5.74, 6) is -0.964. The number of hydrogen-bond donors (Lipinski definition) is 2. The van der Waals surface area contributed by atoms with Crippen molar-refractivity contribution >= 4 is 11.9 Å². The molecule has 1 aromatic rings. The van der Waals surface area contributed by atoms with Crippen LogP contribution >= 0.6 is 0 Å². The van der Waals surface area contributed by atoms with Crippen molar-refractivity contribution in [2.75, 3.05) is 20.8 Å². The van der Waals surface area contributed by atoms with Gasteiger partial charge < -0.3 is 19.9 Å². The molecule has 2 rings (SSSR count). The van der Waals surface area contributed by atoms with Gasteiger partial charge in [0.15, 0.2) is 11.5 Å². The lowest BCUT2D eigenvalue weighted by atomic mass is 9.82. The van der Waals surface area contributed by atoms with Crippen LogP contribution in [0.1, 0.15) is 18.4 Å². The molecule has 1 aliphatic rings. The fourth-order valence-electron chi connectivity index (χ4n) is 2.87. The van der Waals surface area contributed by atoms with E-state index in [9.17, 15) is 14.7 Å². The van der Waals surface area contributed by atoms with Crippen LogP contribution in [0, 0.1) is 11.8 Å². The lowest BCUT2D eigenvalue weighted by Gasteiger charge is -2.24. The van der Waals surface area contributed by atoms with E-state index in [1.807, 2.05) is 30.4 Å². The summed E-state index contributed by atoms with van der Waals surface area (Å²) in [6.45, 7) is 0.445. The van der Waals surface area contributed by atoms with Crippen LogP contribution in [0.25, 0.3) is 0 Å². The van der Waals surface area contributed by atoms with Crippen molar-refractivity contribution in [3.63, 3.8) is 0 Å². The molecule has 130 valence electrons. The summed E-state index contributed by atoms with van der Waals surface area (Å²) in [6, 6.07) is 5.60. The van der Waals surface area contributed by atoms with Crippen LogP contribution in [0.4, 0.5) is 0 Å². The summed E-state index contributed by atoms with van der Waals surface area (Å²) in [6.07, 6.45) is 5.21. The Morgan fingerprint density at radius 2 is 1.79 bits per heavy atom. The standard InChI is InChI=1S/C18H23NO5/c1-23-15-8-7-12(11-16(15)24-2)9-10-19-17(20)13-5-3-4-6-14(13)18(21)22/h3-4,7-8,11,13-14H,5-6,9-10H2,1-2H3,(H,19,20)(H,21,22)/t13-,14-/m0/s1. The van der Waals surface area contributed by atoms with Crippen LogP contribution in [0.5, 0.6) is 11.5 Å². The summed E-state index contributed by atoms with van der Waals surface area (Å²) in [5, 5.41) is 12.1. The summed E-state index contributed by atoms with van der Waals surface area (Å²) in [4.78, 5) is 23.5. The maximum Gasteiger partial charge on any atom is 0.307 e. The predicted molar refractivity (Wildman–Crippen MR) is 89.2 cm³/mol. The summed E-state index contributed by atoms with van der Waals surface area (Å²) < 4.78 is 10.4. The molecule has 0 aliphatic heterocycles. The van der Waals surface area contributed by atoms with Gasteiger partial charge >= 0.3 is 5.97 Å². The molecular weight excluding hydrogens is 310 g/mol. The number of allylic oxidation sites excluding steroid dienone is 2. The van der Waals surface area contributed by atoms with Gasteiger partial charge in [0, 0.05) is 6.54 Å². The predicted octanol–water partition coefficient (Wildman–Crippen LogP) is 2.03. The number of methoxy groups -OCH3 is 2. The highest BCUT2D eigenvalue weighted by Gasteiger charge is 2.33. The molecular formula is C18H23NO5. The SMILES string of the molecule is COc1ccc(CCNC(=O)[C@H]2CC=CC[C@@H]2C(=O)O)cc1OC. The highest BCUT2D eigenvalue weighted by Crippen LogP contribution is 2.28. The van der Waals surface area contributed by atoms with Crippen molar-refractivity contribution in [1.82, 2.24) is 5.32 Å². The number of carbonyl (C=O) groups excluding carboxylic acids is 1. The van der Waals surface area contributed by atoms with Gasteiger partial charge in [0.25, 0.3) is 0 Å². The van der Waals surface area contributed by atoms with Crippen molar-refractivity contribution in [2.45, 2.75) is 19.3 Å². The monoisotopic (exact) mass is 333 g/mol. The average molecular weight is 333 g/mol. The van der Waals surface area contributed by atoms with Gasteiger partial charge in [0.2, 0.25) is 5.91 Å². The first kappa shape index (κ1) is 17.8. The van der Waals surface area contributed by atoms with Crippen LogP contribution in [0.3, 0.4) is 0 Å². The Hall–Kier alpha value is -2.50. The third kappa shape index (κ3) is 4.28.